The summed E-state index contributed by atoms with van der Waals surface area (Å²) >= 11 is 0. The Kier molecular flexibility index (Phi) is 15.0. The number of aromatic nitrogens is 2. The van der Waals surface area contributed by atoms with Crippen LogP contribution in [0.15, 0.2) is 67.0 Å². The minimum absolute atomic E-state index is 0.0558. The molecule has 0 unspecified atom stereocenters. The number of likely N-dealkylation sites (N-methyl/N-ethyl adjacent to an activating group) is 1. The normalized spacial score (nSPS) is 22.2. The summed E-state index contributed by atoms with van der Waals surface area (Å²) in [5.74, 6) is -2.21. The molecule has 4 aliphatic carbocycles. The third kappa shape index (κ3) is 11.3. The molecule has 0 spiro atoms. The Bertz CT molecular complexity index is 2220. The number of carbonyl (C=O) groups excluding carboxylic acids is 3. The molecule has 0 saturated heterocycles. The van der Waals surface area contributed by atoms with Crippen molar-refractivity contribution in [3.05, 3.63) is 94.8 Å². The highest BCUT2D eigenvalue weighted by atomic mass is 16.4. The number of fused-ring (bicyclic) bond motifs is 1. The van der Waals surface area contributed by atoms with Crippen LogP contribution in [0.1, 0.15) is 85.5 Å². The van der Waals surface area contributed by atoms with Gasteiger partial charge in [0.05, 0.1) is 52.3 Å². The smallest absolute Gasteiger partial charge is 0.335 e. The molecular weight excluding hydrogens is 817 g/mol. The van der Waals surface area contributed by atoms with E-state index in [2.05, 4.69) is 25.9 Å². The quantitative estimate of drug-likeness (QED) is 0.0723. The van der Waals surface area contributed by atoms with Crippen LogP contribution in [0.3, 0.4) is 0 Å². The van der Waals surface area contributed by atoms with E-state index in [-0.39, 0.29) is 52.2 Å². The molecule has 3 aromatic carbocycles. The van der Waals surface area contributed by atoms with Crippen molar-refractivity contribution in [2.24, 2.45) is 23.2 Å². The van der Waals surface area contributed by atoms with Crippen LogP contribution < -0.4 is 16.0 Å². The van der Waals surface area contributed by atoms with Gasteiger partial charge in [-0.05, 0) is 105 Å². The maximum absolute atomic E-state index is 14.2. The van der Waals surface area contributed by atoms with Crippen molar-refractivity contribution in [1.82, 2.24) is 25.5 Å². The number of carboxylic acids is 2. The van der Waals surface area contributed by atoms with E-state index in [9.17, 15) is 39.3 Å². The lowest BCUT2D eigenvalue weighted by Gasteiger charge is -2.57. The second-order valence-corrected chi connectivity index (χ2v) is 17.4. The first kappa shape index (κ1) is 46.7. The minimum Gasteiger partial charge on any atom is -0.478 e. The molecule has 1 aromatic heterocycles. The van der Waals surface area contributed by atoms with Crippen LogP contribution in [0.4, 0.5) is 5.69 Å². The van der Waals surface area contributed by atoms with Gasteiger partial charge >= 0.3 is 11.9 Å². The van der Waals surface area contributed by atoms with E-state index in [1.165, 1.54) is 25.6 Å². The van der Waals surface area contributed by atoms with Gasteiger partial charge < -0.3 is 61.6 Å². The minimum atomic E-state index is -1.55. The van der Waals surface area contributed by atoms with E-state index in [1.807, 2.05) is 6.07 Å². The molecule has 4 bridgehead atoms. The molecule has 4 fully saturated rings. The number of hydrogen-bond donors (Lipinski definition) is 11. The fraction of sp³-hybridized carbons (Fsp3) is 0.467. The number of carbonyl (C=O) groups is 5. The first-order chi connectivity index (χ1) is 30.0. The van der Waals surface area contributed by atoms with Gasteiger partial charge in [-0.15, -0.1) is 0 Å². The summed E-state index contributed by atoms with van der Waals surface area (Å²) in [5, 5.41) is 71.9. The molecule has 338 valence electrons. The van der Waals surface area contributed by atoms with Crippen LogP contribution in [0.2, 0.25) is 0 Å². The third-order valence-electron chi connectivity index (χ3n) is 12.5. The van der Waals surface area contributed by atoms with Crippen LogP contribution in [0, 0.1) is 23.2 Å². The highest BCUT2D eigenvalue weighted by Gasteiger charge is 2.51. The standard InChI is InChI=1S/C38H39N5O7.C7H17NO5/c1-43(19-38-16-22-7-23(17-38)9-24(8-22)18-38)35(46)29-15-31-30(39-20-40-31)14-28(29)33(44)42-32(10-21-5-3-2-4-6-21)34(45)41-27-12-25(36(47)48)11-26(13-27)37(49)50;1-8-2-4(10)6(12)7(13)5(11)3-9/h2-6,11-15,20,22-24,32H,7-10,16-19H2,1H3,(H,39,40)(H,41,45)(H,42,44)(H,47,48)(H,49,50);4-13H,2-3H2,1H3/t22?,23?,24?,32-,38?;4-,5+,6+,7+/m00/s1. The van der Waals surface area contributed by atoms with Crippen molar-refractivity contribution in [3.63, 3.8) is 0 Å². The molecule has 0 aliphatic heterocycles. The predicted molar refractivity (Wildman–Crippen MR) is 229 cm³/mol. The van der Waals surface area contributed by atoms with Gasteiger partial charge in [-0.3, -0.25) is 14.4 Å². The maximum atomic E-state index is 14.2. The summed E-state index contributed by atoms with van der Waals surface area (Å²) in [6, 6.07) is 14.3. The number of carboxylic acid groups (broad SMARTS) is 2. The average Bonchev–Trinajstić information content (AvgIpc) is 3.72. The van der Waals surface area contributed by atoms with Crippen molar-refractivity contribution >= 4 is 46.4 Å². The predicted octanol–water partition coefficient (Wildman–Crippen LogP) is 1.87. The van der Waals surface area contributed by atoms with Gasteiger partial charge in [0.15, 0.2) is 0 Å². The SMILES string of the molecule is CN(CC12CC3CC(CC(C3)C1)C2)C(=O)c1cc2[nH]cnc2cc1C(=O)N[C@@H](Cc1ccccc1)C(=O)Nc1cc(C(=O)O)cc(C(=O)O)c1.CNC[C@H](O)[C@@H](O)[C@H](O)[C@H](O)CO. The van der Waals surface area contributed by atoms with Crippen molar-refractivity contribution in [2.75, 3.05) is 39.1 Å². The zero-order chi connectivity index (χ0) is 45.6. The van der Waals surface area contributed by atoms with Crippen molar-refractivity contribution < 1.29 is 59.7 Å². The highest BCUT2D eigenvalue weighted by Crippen LogP contribution is 2.60. The number of aliphatic hydroxyl groups excluding tert-OH is 5. The van der Waals surface area contributed by atoms with Gasteiger partial charge in [0.2, 0.25) is 5.91 Å². The van der Waals surface area contributed by atoms with Gasteiger partial charge in [-0.1, -0.05) is 30.3 Å². The zero-order valence-corrected chi connectivity index (χ0v) is 35.1. The molecule has 4 saturated carbocycles. The summed E-state index contributed by atoms with van der Waals surface area (Å²) in [4.78, 5) is 74.6. The number of imidazole rings is 1. The molecule has 8 rings (SSSR count). The van der Waals surface area contributed by atoms with Crippen LogP contribution >= 0.6 is 0 Å². The van der Waals surface area contributed by atoms with E-state index in [0.29, 0.717) is 17.6 Å². The van der Waals surface area contributed by atoms with E-state index in [1.54, 1.807) is 55.4 Å². The molecule has 0 radical (unpaired) electrons. The molecular formula is C45H56N6O12. The molecule has 1 heterocycles. The van der Waals surface area contributed by atoms with E-state index in [4.69, 9.17) is 20.4 Å². The number of hydrogen-bond acceptors (Lipinski definition) is 12. The summed E-state index contributed by atoms with van der Waals surface area (Å²) in [6.07, 6.45) is 3.16. The number of benzene rings is 3. The van der Waals surface area contributed by atoms with Gasteiger partial charge in [0, 0.05) is 32.2 Å². The number of amides is 3. The number of aliphatic hydroxyl groups is 5. The van der Waals surface area contributed by atoms with E-state index < -0.39 is 60.8 Å². The molecule has 4 aromatic rings. The highest BCUT2D eigenvalue weighted by molar-refractivity contribution is 6.11. The molecule has 4 aliphatic rings. The Hall–Kier alpha value is -5.76. The Morgan fingerprint density at radius 3 is 1.97 bits per heavy atom. The molecule has 3 amide bonds. The summed E-state index contributed by atoms with van der Waals surface area (Å²) in [6.45, 7) is 0.0467. The average molecular weight is 873 g/mol. The third-order valence-corrected chi connectivity index (χ3v) is 12.5. The van der Waals surface area contributed by atoms with Gasteiger partial charge in [-0.25, -0.2) is 14.6 Å². The summed E-state index contributed by atoms with van der Waals surface area (Å²) in [7, 11) is 3.37. The van der Waals surface area contributed by atoms with E-state index in [0.717, 1.165) is 60.8 Å². The van der Waals surface area contributed by atoms with Gasteiger partial charge in [0.25, 0.3) is 11.8 Å². The van der Waals surface area contributed by atoms with Crippen molar-refractivity contribution in [1.29, 1.82) is 0 Å². The first-order valence-corrected chi connectivity index (χ1v) is 21.0. The molecule has 18 nitrogen and oxygen atoms in total. The summed E-state index contributed by atoms with van der Waals surface area (Å²) < 4.78 is 0. The van der Waals surface area contributed by atoms with Gasteiger partial charge in [0.1, 0.15) is 24.4 Å². The monoisotopic (exact) mass is 872 g/mol. The Morgan fingerprint density at radius 1 is 0.825 bits per heavy atom. The molecule has 11 N–H and O–H groups in total. The lowest BCUT2D eigenvalue weighted by Crippen LogP contribution is -2.51. The molecule has 63 heavy (non-hydrogen) atoms. The first-order valence-electron chi connectivity index (χ1n) is 21.0. The Balaban J connectivity index is 0.000000442. The topological polar surface area (TPSA) is 295 Å². The molecule has 18 heteroatoms. The van der Waals surface area contributed by atoms with Crippen molar-refractivity contribution in [3.8, 4) is 0 Å². The fourth-order valence-corrected chi connectivity index (χ4v) is 9.98. The number of nitrogens with one attached hydrogen (secondary N) is 4. The molecule has 5 atom stereocenters. The largest absolute Gasteiger partial charge is 0.478 e. The number of H-pyrrole nitrogens is 1. The van der Waals surface area contributed by atoms with Crippen LogP contribution in [0.5, 0.6) is 0 Å². The Labute approximate surface area is 363 Å². The second kappa shape index (κ2) is 20.2. The number of nitrogens with zero attached hydrogens (tertiary/aromatic N) is 2. The lowest BCUT2D eigenvalue weighted by atomic mass is 9.49. The number of rotatable bonds is 17. The zero-order valence-electron chi connectivity index (χ0n) is 35.1. The van der Waals surface area contributed by atoms with Crippen molar-refractivity contribution in [2.45, 2.75) is 75.4 Å². The van der Waals surface area contributed by atoms with Crippen LogP contribution in [0.25, 0.3) is 11.0 Å². The van der Waals surface area contributed by atoms with Crippen LogP contribution in [-0.2, 0) is 11.2 Å². The number of aromatic carboxylic acids is 2. The second-order valence-electron chi connectivity index (χ2n) is 17.4. The fourth-order valence-electron chi connectivity index (χ4n) is 9.98. The van der Waals surface area contributed by atoms with E-state index >= 15 is 0 Å². The van der Waals surface area contributed by atoms with Crippen LogP contribution in [-0.4, -0.2) is 145 Å². The number of anilines is 1. The van der Waals surface area contributed by atoms with Gasteiger partial charge in [-0.2, -0.15) is 0 Å². The Morgan fingerprint density at radius 2 is 1.41 bits per heavy atom. The summed E-state index contributed by atoms with van der Waals surface area (Å²) in [5.41, 5.74) is 1.45. The number of aromatic amines is 1. The maximum Gasteiger partial charge on any atom is 0.335 e. The lowest BCUT2D eigenvalue weighted by molar-refractivity contribution is -0.118.